The zero-order chi connectivity index (χ0) is 6.69. The van der Waals surface area contributed by atoms with Crippen LogP contribution in [0.2, 0.25) is 0 Å². The molecule has 1 aliphatic heterocycles. The molecule has 1 atom stereocenters. The number of hydrogen-bond donors (Lipinski definition) is 2. The van der Waals surface area contributed by atoms with Crippen molar-refractivity contribution >= 4 is 0 Å². The molecule has 1 rings (SSSR count). The normalized spacial score (nSPS) is 30.7. The third kappa shape index (κ3) is 1.93. The second kappa shape index (κ2) is 3.15. The van der Waals surface area contributed by atoms with Gasteiger partial charge < -0.3 is 5.73 Å². The standard InChI is InChI=1S/C6H15N3/c1-8-9-4-2-3-6(7)5-9/h6,8H,2-5,7H2,1H3/t6-/m1/s1. The molecule has 0 spiro atoms. The molecule has 0 saturated carbocycles. The summed E-state index contributed by atoms with van der Waals surface area (Å²) < 4.78 is 0. The van der Waals surface area contributed by atoms with Gasteiger partial charge in [0.05, 0.1) is 0 Å². The van der Waals surface area contributed by atoms with Crippen LogP contribution in [0, 0.1) is 0 Å². The van der Waals surface area contributed by atoms with E-state index in [1.165, 1.54) is 12.8 Å². The molecule has 1 aliphatic rings. The van der Waals surface area contributed by atoms with E-state index in [9.17, 15) is 0 Å². The molecule has 3 N–H and O–H groups in total. The van der Waals surface area contributed by atoms with E-state index in [2.05, 4.69) is 10.4 Å². The maximum absolute atomic E-state index is 5.72. The summed E-state index contributed by atoms with van der Waals surface area (Å²) in [6, 6.07) is 0.381. The summed E-state index contributed by atoms with van der Waals surface area (Å²) in [5, 5.41) is 2.16. The van der Waals surface area contributed by atoms with Crippen LogP contribution >= 0.6 is 0 Å². The van der Waals surface area contributed by atoms with Gasteiger partial charge in [0.2, 0.25) is 0 Å². The molecule has 0 aromatic rings. The van der Waals surface area contributed by atoms with E-state index in [4.69, 9.17) is 5.73 Å². The molecule has 3 nitrogen and oxygen atoms in total. The van der Waals surface area contributed by atoms with Crippen molar-refractivity contribution in [2.75, 3.05) is 20.1 Å². The number of rotatable bonds is 1. The van der Waals surface area contributed by atoms with Gasteiger partial charge in [0, 0.05) is 19.1 Å². The van der Waals surface area contributed by atoms with E-state index in [1.54, 1.807) is 0 Å². The summed E-state index contributed by atoms with van der Waals surface area (Å²) in [5.41, 5.74) is 8.81. The topological polar surface area (TPSA) is 41.3 Å². The first kappa shape index (κ1) is 6.99. The van der Waals surface area contributed by atoms with Crippen LogP contribution < -0.4 is 11.2 Å². The first-order valence-electron chi connectivity index (χ1n) is 3.51. The molecule has 54 valence electrons. The average molecular weight is 129 g/mol. The molecule has 3 heteroatoms. The van der Waals surface area contributed by atoms with Crippen molar-refractivity contribution in [1.82, 2.24) is 10.4 Å². The molecule has 0 radical (unpaired) electrons. The average Bonchev–Trinajstić information content (AvgIpc) is 1.88. The van der Waals surface area contributed by atoms with Crippen molar-refractivity contribution in [3.8, 4) is 0 Å². The Bertz CT molecular complexity index is 84.4. The summed E-state index contributed by atoms with van der Waals surface area (Å²) >= 11 is 0. The van der Waals surface area contributed by atoms with Gasteiger partial charge in [-0.25, -0.2) is 5.01 Å². The number of hydrogen-bond acceptors (Lipinski definition) is 3. The van der Waals surface area contributed by atoms with E-state index in [-0.39, 0.29) is 0 Å². The summed E-state index contributed by atoms with van der Waals surface area (Å²) in [6.45, 7) is 2.14. The van der Waals surface area contributed by atoms with E-state index in [0.29, 0.717) is 6.04 Å². The van der Waals surface area contributed by atoms with Crippen molar-refractivity contribution in [2.45, 2.75) is 18.9 Å². The first-order valence-corrected chi connectivity index (χ1v) is 3.51. The quantitative estimate of drug-likeness (QED) is 0.503. The van der Waals surface area contributed by atoms with Crippen molar-refractivity contribution in [2.24, 2.45) is 5.73 Å². The van der Waals surface area contributed by atoms with Crippen LogP contribution in [0.5, 0.6) is 0 Å². The van der Waals surface area contributed by atoms with Crippen molar-refractivity contribution in [3.63, 3.8) is 0 Å². The Hall–Kier alpha value is -0.120. The number of nitrogens with zero attached hydrogens (tertiary/aromatic N) is 1. The van der Waals surface area contributed by atoms with Crippen molar-refractivity contribution in [1.29, 1.82) is 0 Å². The summed E-state index contributed by atoms with van der Waals surface area (Å²) in [7, 11) is 1.94. The monoisotopic (exact) mass is 129 g/mol. The van der Waals surface area contributed by atoms with Gasteiger partial charge >= 0.3 is 0 Å². The Balaban J connectivity index is 2.23. The molecule has 0 amide bonds. The highest BCUT2D eigenvalue weighted by molar-refractivity contribution is 4.71. The van der Waals surface area contributed by atoms with Gasteiger partial charge in [-0.1, -0.05) is 0 Å². The lowest BCUT2D eigenvalue weighted by Gasteiger charge is -2.29. The second-order valence-corrected chi connectivity index (χ2v) is 2.57. The van der Waals surface area contributed by atoms with E-state index in [0.717, 1.165) is 13.1 Å². The fourth-order valence-electron chi connectivity index (χ4n) is 1.21. The Morgan fingerprint density at radius 3 is 2.89 bits per heavy atom. The summed E-state index contributed by atoms with van der Waals surface area (Å²) in [5.74, 6) is 0. The zero-order valence-corrected chi connectivity index (χ0v) is 5.93. The molecule has 9 heavy (non-hydrogen) atoms. The summed E-state index contributed by atoms with van der Waals surface area (Å²) in [6.07, 6.45) is 2.40. The van der Waals surface area contributed by atoms with Crippen LogP contribution in [-0.2, 0) is 0 Å². The van der Waals surface area contributed by atoms with Gasteiger partial charge in [-0.05, 0) is 19.9 Å². The minimum atomic E-state index is 0.381. The zero-order valence-electron chi connectivity index (χ0n) is 5.93. The second-order valence-electron chi connectivity index (χ2n) is 2.57. The van der Waals surface area contributed by atoms with E-state index < -0.39 is 0 Å². The Morgan fingerprint density at radius 2 is 2.44 bits per heavy atom. The van der Waals surface area contributed by atoms with Crippen LogP contribution in [0.1, 0.15) is 12.8 Å². The smallest absolute Gasteiger partial charge is 0.0282 e. The van der Waals surface area contributed by atoms with Crippen LogP contribution in [-0.4, -0.2) is 31.2 Å². The van der Waals surface area contributed by atoms with Crippen LogP contribution in [0.25, 0.3) is 0 Å². The van der Waals surface area contributed by atoms with Gasteiger partial charge in [-0.2, -0.15) is 0 Å². The first-order chi connectivity index (χ1) is 4.33. The lowest BCUT2D eigenvalue weighted by Crippen LogP contribution is -2.48. The fraction of sp³-hybridized carbons (Fsp3) is 1.00. The molecule has 0 aliphatic carbocycles. The van der Waals surface area contributed by atoms with Crippen molar-refractivity contribution < 1.29 is 0 Å². The lowest BCUT2D eigenvalue weighted by molar-refractivity contribution is 0.156. The van der Waals surface area contributed by atoms with Crippen LogP contribution in [0.15, 0.2) is 0 Å². The lowest BCUT2D eigenvalue weighted by atomic mass is 10.1. The Morgan fingerprint density at radius 1 is 1.67 bits per heavy atom. The molecule has 1 heterocycles. The van der Waals surface area contributed by atoms with Gasteiger partial charge in [-0.15, -0.1) is 0 Å². The van der Waals surface area contributed by atoms with Gasteiger partial charge in [0.15, 0.2) is 0 Å². The molecule has 0 aromatic heterocycles. The molecular weight excluding hydrogens is 114 g/mol. The van der Waals surface area contributed by atoms with E-state index >= 15 is 0 Å². The SMILES string of the molecule is CNN1CCC[C@@H](N)C1. The minimum Gasteiger partial charge on any atom is -0.326 e. The molecule has 0 unspecified atom stereocenters. The predicted octanol–water partition coefficient (Wildman–Crippen LogP) is -0.456. The highest BCUT2D eigenvalue weighted by Crippen LogP contribution is 2.04. The number of piperidine rings is 1. The summed E-state index contributed by atoms with van der Waals surface area (Å²) in [4.78, 5) is 0. The number of nitrogens with two attached hydrogens (primary N) is 1. The number of nitrogens with one attached hydrogen (secondary N) is 1. The van der Waals surface area contributed by atoms with Gasteiger partial charge in [-0.3, -0.25) is 5.43 Å². The molecule has 0 aromatic carbocycles. The number of hydrazine groups is 1. The predicted molar refractivity (Wildman–Crippen MR) is 37.8 cm³/mol. The maximum atomic E-state index is 5.72. The highest BCUT2D eigenvalue weighted by Gasteiger charge is 2.13. The fourth-order valence-corrected chi connectivity index (χ4v) is 1.21. The largest absolute Gasteiger partial charge is 0.326 e. The van der Waals surface area contributed by atoms with Gasteiger partial charge in [0.1, 0.15) is 0 Å². The van der Waals surface area contributed by atoms with E-state index in [1.807, 2.05) is 7.05 Å². The molecular formula is C6H15N3. The third-order valence-corrected chi connectivity index (χ3v) is 1.77. The molecule has 1 saturated heterocycles. The third-order valence-electron chi connectivity index (χ3n) is 1.77. The van der Waals surface area contributed by atoms with Gasteiger partial charge in [0.25, 0.3) is 0 Å². The van der Waals surface area contributed by atoms with Crippen LogP contribution in [0.3, 0.4) is 0 Å². The Labute approximate surface area is 56.2 Å². The van der Waals surface area contributed by atoms with Crippen molar-refractivity contribution in [3.05, 3.63) is 0 Å². The molecule has 0 bridgehead atoms. The molecule has 1 fully saturated rings. The van der Waals surface area contributed by atoms with Crippen LogP contribution in [0.4, 0.5) is 0 Å². The maximum Gasteiger partial charge on any atom is 0.0282 e. The minimum absolute atomic E-state index is 0.381. The highest BCUT2D eigenvalue weighted by atomic mass is 15.5. The Kier molecular flexibility index (Phi) is 2.45.